The molecule has 0 unspecified atom stereocenters. The number of ether oxygens (including phenoxy) is 2. The van der Waals surface area contributed by atoms with Crippen molar-refractivity contribution in [3.05, 3.63) is 93.5 Å². The van der Waals surface area contributed by atoms with E-state index in [2.05, 4.69) is 57.7 Å². The number of carbonyl (C=O) groups excluding carboxylic acids is 1. The topological polar surface area (TPSA) is 66.1 Å². The Hall–Kier alpha value is -3.52. The van der Waals surface area contributed by atoms with Crippen LogP contribution in [-0.4, -0.2) is 68.3 Å². The molecule has 7 nitrogen and oxygen atoms in total. The number of piperazine rings is 1. The van der Waals surface area contributed by atoms with Gasteiger partial charge in [-0.2, -0.15) is 0 Å². The smallest absolute Gasteiger partial charge is 0.252 e. The van der Waals surface area contributed by atoms with Crippen LogP contribution in [0.25, 0.3) is 5.57 Å². The zero-order valence-electron chi connectivity index (χ0n) is 26.4. The highest BCUT2D eigenvalue weighted by Gasteiger charge is 2.41. The van der Waals surface area contributed by atoms with E-state index in [-0.39, 0.29) is 24.1 Å². The minimum absolute atomic E-state index is 0.00239. The molecule has 1 amide bonds. The van der Waals surface area contributed by atoms with Crippen LogP contribution in [0.4, 0.5) is 5.69 Å². The van der Waals surface area contributed by atoms with Crippen LogP contribution in [0, 0.1) is 13.8 Å². The molecular weight excluding hydrogens is 584 g/mol. The molecule has 3 aromatic carbocycles. The molecule has 0 spiro atoms. The maximum atomic E-state index is 14.6. The number of halogens is 1. The number of amides is 1. The molecule has 0 aromatic heterocycles. The zero-order chi connectivity index (χ0) is 31.1. The molecule has 1 saturated carbocycles. The van der Waals surface area contributed by atoms with E-state index in [1.54, 1.807) is 7.11 Å². The Labute approximate surface area is 271 Å². The second-order valence-corrected chi connectivity index (χ2v) is 13.4. The summed E-state index contributed by atoms with van der Waals surface area (Å²) < 4.78 is 11.9. The fourth-order valence-electron chi connectivity index (χ4n) is 7.20. The quantitative estimate of drug-likeness (QED) is 0.308. The summed E-state index contributed by atoms with van der Waals surface area (Å²) in [6.07, 6.45) is 3.98. The number of methoxy groups -OCH3 is 1. The molecule has 3 aromatic rings. The third-order valence-corrected chi connectivity index (χ3v) is 10.1. The second kappa shape index (κ2) is 12.7. The molecule has 236 valence electrons. The van der Waals surface area contributed by atoms with Crippen LogP contribution < -0.4 is 25.0 Å². The summed E-state index contributed by atoms with van der Waals surface area (Å²) >= 11 is 6.44. The van der Waals surface area contributed by atoms with Crippen molar-refractivity contribution in [3.8, 4) is 11.5 Å². The van der Waals surface area contributed by atoms with Crippen molar-refractivity contribution in [2.45, 2.75) is 70.3 Å². The van der Waals surface area contributed by atoms with Crippen LogP contribution in [0.2, 0.25) is 5.02 Å². The second-order valence-electron chi connectivity index (χ2n) is 13.0. The monoisotopic (exact) mass is 626 g/mol. The molecule has 2 saturated heterocycles. The van der Waals surface area contributed by atoms with Crippen molar-refractivity contribution in [2.24, 2.45) is 0 Å². The highest BCUT2D eigenvalue weighted by molar-refractivity contribution is 6.32. The molecule has 7 rings (SSSR count). The number of rotatable bonds is 9. The third kappa shape index (κ3) is 6.31. The van der Waals surface area contributed by atoms with E-state index in [1.807, 2.05) is 37.3 Å². The molecule has 3 fully saturated rings. The molecule has 4 aliphatic rings. The van der Waals surface area contributed by atoms with E-state index >= 15 is 0 Å². The maximum Gasteiger partial charge on any atom is 0.252 e. The van der Waals surface area contributed by atoms with Crippen LogP contribution in [-0.2, 0) is 11.3 Å². The predicted octanol–water partition coefficient (Wildman–Crippen LogP) is 5.90. The summed E-state index contributed by atoms with van der Waals surface area (Å²) in [5.41, 5.74) is 7.79. The van der Waals surface area contributed by atoms with Gasteiger partial charge in [-0.1, -0.05) is 41.9 Å². The summed E-state index contributed by atoms with van der Waals surface area (Å²) in [6.45, 7) is 8.13. The molecule has 8 heteroatoms. The van der Waals surface area contributed by atoms with Gasteiger partial charge >= 0.3 is 0 Å². The largest absolute Gasteiger partial charge is 0.496 e. The molecular formula is C37H43ClN4O3. The number of hydrogen-bond donors (Lipinski definition) is 2. The molecule has 0 radical (unpaired) electrons. The molecule has 1 aliphatic carbocycles. The Kier molecular flexibility index (Phi) is 8.51. The first-order chi connectivity index (χ1) is 21.9. The minimum atomic E-state index is -0.00239. The normalized spacial score (nSPS) is 22.8. The lowest BCUT2D eigenvalue weighted by atomic mass is 9.83. The van der Waals surface area contributed by atoms with E-state index in [0.29, 0.717) is 17.6 Å². The van der Waals surface area contributed by atoms with Gasteiger partial charge in [0.1, 0.15) is 17.6 Å². The van der Waals surface area contributed by atoms with Crippen molar-refractivity contribution in [3.63, 3.8) is 0 Å². The van der Waals surface area contributed by atoms with Gasteiger partial charge < -0.3 is 29.9 Å². The summed E-state index contributed by atoms with van der Waals surface area (Å²) in [4.78, 5) is 19.1. The highest BCUT2D eigenvalue weighted by Crippen LogP contribution is 2.38. The number of hydrogen-bond acceptors (Lipinski definition) is 6. The first-order valence-electron chi connectivity index (χ1n) is 16.3. The molecule has 2 bridgehead atoms. The van der Waals surface area contributed by atoms with Gasteiger partial charge in [-0.05, 0) is 91.3 Å². The third-order valence-electron chi connectivity index (χ3n) is 9.84. The van der Waals surface area contributed by atoms with Crippen LogP contribution in [0.1, 0.15) is 47.9 Å². The Bertz CT molecular complexity index is 1600. The summed E-state index contributed by atoms with van der Waals surface area (Å²) in [7, 11) is 1.70. The summed E-state index contributed by atoms with van der Waals surface area (Å²) in [6, 6.07) is 21.5. The Morgan fingerprint density at radius 2 is 1.84 bits per heavy atom. The summed E-state index contributed by atoms with van der Waals surface area (Å²) in [5.74, 6) is 1.78. The van der Waals surface area contributed by atoms with E-state index in [1.165, 1.54) is 11.3 Å². The number of nitrogens with zero attached hydrogens (tertiary/aromatic N) is 2. The van der Waals surface area contributed by atoms with Gasteiger partial charge in [-0.3, -0.25) is 4.79 Å². The SMILES string of the molecule is COc1cccc(CN(C(=O)C2=C(c3ccc(N4CC[C@@H](Oc5ccc(C)cc5Cl)C4)cc3)C[C@H]3CNC[C@@H]2N3)C2CC2)c1C. The van der Waals surface area contributed by atoms with E-state index in [0.717, 1.165) is 91.2 Å². The van der Waals surface area contributed by atoms with Crippen LogP contribution in [0.15, 0.2) is 66.2 Å². The van der Waals surface area contributed by atoms with Crippen LogP contribution in [0.3, 0.4) is 0 Å². The standard InChI is InChI=1S/C37H43ClN4O3/c1-23-7-14-35(32(38)17-23)45-30-15-16-41(22-30)28-10-8-25(9-11-28)31-18-27-19-39-20-33(40-27)36(31)37(43)42(29-12-13-29)21-26-5-4-6-34(44-3)24(26)2/h4-11,14,17,27,29-30,33,39-40H,12-13,15-16,18-22H2,1-3H3/t27-,30+,33-/m0/s1. The fourth-order valence-corrected chi connectivity index (χ4v) is 7.48. The number of anilines is 1. The van der Waals surface area contributed by atoms with Gasteiger partial charge in [0.15, 0.2) is 0 Å². The van der Waals surface area contributed by atoms with Gasteiger partial charge in [-0.25, -0.2) is 0 Å². The molecule has 45 heavy (non-hydrogen) atoms. The first kappa shape index (κ1) is 30.2. The predicted molar refractivity (Wildman–Crippen MR) is 180 cm³/mol. The lowest BCUT2D eigenvalue weighted by Gasteiger charge is -2.41. The molecule has 3 aliphatic heterocycles. The van der Waals surface area contributed by atoms with E-state index in [9.17, 15) is 4.79 Å². The average molecular weight is 627 g/mol. The summed E-state index contributed by atoms with van der Waals surface area (Å²) in [5, 5.41) is 7.99. The lowest BCUT2D eigenvalue weighted by Crippen LogP contribution is -2.60. The molecule has 3 atom stereocenters. The molecule has 2 N–H and O–H groups in total. The van der Waals surface area contributed by atoms with Gasteiger partial charge in [-0.15, -0.1) is 0 Å². The van der Waals surface area contributed by atoms with E-state index in [4.69, 9.17) is 21.1 Å². The lowest BCUT2D eigenvalue weighted by molar-refractivity contribution is -0.128. The Balaban J connectivity index is 1.13. The number of nitrogens with one attached hydrogen (secondary N) is 2. The van der Waals surface area contributed by atoms with E-state index < -0.39 is 0 Å². The van der Waals surface area contributed by atoms with Gasteiger partial charge in [0.2, 0.25) is 0 Å². The van der Waals surface area contributed by atoms with Crippen molar-refractivity contribution in [1.82, 2.24) is 15.5 Å². The molecule has 3 heterocycles. The van der Waals surface area contributed by atoms with Crippen LogP contribution in [0.5, 0.6) is 11.5 Å². The number of aryl methyl sites for hydroxylation is 1. The average Bonchev–Trinajstić information content (AvgIpc) is 3.78. The number of carbonyl (C=O) groups is 1. The first-order valence-corrected chi connectivity index (χ1v) is 16.7. The van der Waals surface area contributed by atoms with Crippen molar-refractivity contribution >= 4 is 28.8 Å². The van der Waals surface area contributed by atoms with Crippen molar-refractivity contribution < 1.29 is 14.3 Å². The zero-order valence-corrected chi connectivity index (χ0v) is 27.2. The maximum absolute atomic E-state index is 14.6. The number of benzene rings is 3. The Morgan fingerprint density at radius 1 is 1.02 bits per heavy atom. The van der Waals surface area contributed by atoms with Crippen LogP contribution >= 0.6 is 11.6 Å². The van der Waals surface area contributed by atoms with Gasteiger partial charge in [0, 0.05) is 55.9 Å². The minimum Gasteiger partial charge on any atom is -0.496 e. The highest BCUT2D eigenvalue weighted by atomic mass is 35.5. The van der Waals surface area contributed by atoms with Crippen molar-refractivity contribution in [2.75, 3.05) is 38.2 Å². The van der Waals surface area contributed by atoms with Crippen molar-refractivity contribution in [1.29, 1.82) is 0 Å². The fraction of sp³-hybridized carbons (Fsp3) is 0.432. The Morgan fingerprint density at radius 3 is 2.60 bits per heavy atom. The number of fused-ring (bicyclic) bond motifs is 2. The van der Waals surface area contributed by atoms with Gasteiger partial charge in [0.25, 0.3) is 5.91 Å². The van der Waals surface area contributed by atoms with Gasteiger partial charge in [0.05, 0.1) is 24.7 Å².